The normalized spacial score (nSPS) is 25.2. The summed E-state index contributed by atoms with van der Waals surface area (Å²) in [7, 11) is 0. The van der Waals surface area contributed by atoms with Crippen LogP contribution in [0.5, 0.6) is 5.75 Å². The second-order valence-corrected chi connectivity index (χ2v) is 4.01. The van der Waals surface area contributed by atoms with Gasteiger partial charge in [-0.15, -0.1) is 0 Å². The molecule has 0 radical (unpaired) electrons. The molecule has 0 aromatic heterocycles. The molecule has 1 fully saturated rings. The summed E-state index contributed by atoms with van der Waals surface area (Å²) in [6, 6.07) is 6.73. The van der Waals surface area contributed by atoms with Gasteiger partial charge in [0.25, 0.3) is 0 Å². The topological polar surface area (TPSA) is 66.8 Å². The predicted molar refractivity (Wildman–Crippen MR) is 57.4 cm³/mol. The van der Waals surface area contributed by atoms with Crippen molar-refractivity contribution in [2.45, 2.75) is 12.3 Å². The van der Waals surface area contributed by atoms with Crippen molar-refractivity contribution in [1.29, 1.82) is 0 Å². The van der Waals surface area contributed by atoms with Gasteiger partial charge in [0.15, 0.2) is 0 Å². The van der Waals surface area contributed by atoms with Gasteiger partial charge in [-0.1, -0.05) is 12.1 Å². The van der Waals surface area contributed by atoms with Crippen molar-refractivity contribution in [2.24, 2.45) is 5.92 Å². The average Bonchev–Trinajstić information content (AvgIpc) is 2.29. The van der Waals surface area contributed by atoms with Crippen LogP contribution in [-0.2, 0) is 9.53 Å². The fourth-order valence-corrected chi connectivity index (χ4v) is 2.12. The minimum Gasteiger partial charge on any atom is -0.508 e. The highest BCUT2D eigenvalue weighted by atomic mass is 16.5. The van der Waals surface area contributed by atoms with E-state index in [0.29, 0.717) is 19.6 Å². The Balaban J connectivity index is 2.26. The Morgan fingerprint density at radius 3 is 2.94 bits per heavy atom. The first-order valence-corrected chi connectivity index (χ1v) is 5.28. The molecule has 0 spiro atoms. The number of benzene rings is 1. The fourth-order valence-electron chi connectivity index (χ4n) is 2.12. The summed E-state index contributed by atoms with van der Waals surface area (Å²) in [5, 5.41) is 18.5. The lowest BCUT2D eigenvalue weighted by Crippen LogP contribution is -2.31. The molecule has 4 nitrogen and oxygen atoms in total. The second-order valence-electron chi connectivity index (χ2n) is 4.01. The molecule has 1 saturated heterocycles. The van der Waals surface area contributed by atoms with Gasteiger partial charge < -0.3 is 14.9 Å². The van der Waals surface area contributed by atoms with Crippen molar-refractivity contribution in [2.75, 3.05) is 13.2 Å². The highest BCUT2D eigenvalue weighted by Crippen LogP contribution is 2.32. The number of hydrogen-bond donors (Lipinski definition) is 2. The quantitative estimate of drug-likeness (QED) is 0.797. The third-order valence-corrected chi connectivity index (χ3v) is 2.97. The molecule has 1 aromatic rings. The van der Waals surface area contributed by atoms with Crippen molar-refractivity contribution < 1.29 is 19.7 Å². The van der Waals surface area contributed by atoms with Gasteiger partial charge in [-0.2, -0.15) is 0 Å². The number of rotatable bonds is 2. The van der Waals surface area contributed by atoms with E-state index in [9.17, 15) is 9.90 Å². The summed E-state index contributed by atoms with van der Waals surface area (Å²) in [4.78, 5) is 11.1. The third-order valence-electron chi connectivity index (χ3n) is 2.97. The molecule has 1 aromatic carbocycles. The first kappa shape index (κ1) is 11.0. The molecule has 2 rings (SSSR count). The standard InChI is InChI=1S/C12H14O4/c13-9-3-1-2-8(6-9)11-7-16-5-4-10(11)12(14)15/h1-3,6,10-11,13H,4-5,7H2,(H,14,15). The Hall–Kier alpha value is -1.55. The SMILES string of the molecule is O=C(O)C1CCOCC1c1cccc(O)c1. The number of hydrogen-bond acceptors (Lipinski definition) is 3. The lowest BCUT2D eigenvalue weighted by Gasteiger charge is -2.28. The van der Waals surface area contributed by atoms with Gasteiger partial charge in [-0.3, -0.25) is 4.79 Å². The zero-order chi connectivity index (χ0) is 11.5. The number of aromatic hydroxyl groups is 1. The molecule has 86 valence electrons. The molecule has 2 N–H and O–H groups in total. The Morgan fingerprint density at radius 2 is 2.25 bits per heavy atom. The largest absolute Gasteiger partial charge is 0.508 e. The summed E-state index contributed by atoms with van der Waals surface area (Å²) in [6.07, 6.45) is 0.523. The van der Waals surface area contributed by atoms with E-state index in [2.05, 4.69) is 0 Å². The molecule has 4 heteroatoms. The van der Waals surface area contributed by atoms with Crippen molar-refractivity contribution >= 4 is 5.97 Å². The number of carboxylic acids is 1. The number of aliphatic carboxylic acids is 1. The first-order chi connectivity index (χ1) is 7.68. The van der Waals surface area contributed by atoms with Crippen molar-refractivity contribution in [3.8, 4) is 5.75 Å². The highest BCUT2D eigenvalue weighted by Gasteiger charge is 2.32. The molecular weight excluding hydrogens is 208 g/mol. The molecule has 1 aliphatic rings. The van der Waals surface area contributed by atoms with Gasteiger partial charge in [-0.05, 0) is 24.1 Å². The van der Waals surface area contributed by atoms with E-state index in [1.165, 1.54) is 0 Å². The predicted octanol–water partition coefficient (Wildman–Crippen LogP) is 1.60. The van der Waals surface area contributed by atoms with E-state index in [0.717, 1.165) is 5.56 Å². The van der Waals surface area contributed by atoms with E-state index >= 15 is 0 Å². The Labute approximate surface area is 93.5 Å². The highest BCUT2D eigenvalue weighted by molar-refractivity contribution is 5.71. The van der Waals surface area contributed by atoms with Crippen LogP contribution >= 0.6 is 0 Å². The van der Waals surface area contributed by atoms with Crippen LogP contribution in [0, 0.1) is 5.92 Å². The number of carbonyl (C=O) groups is 1. The van der Waals surface area contributed by atoms with E-state index in [-0.39, 0.29) is 11.7 Å². The fraction of sp³-hybridized carbons (Fsp3) is 0.417. The Kier molecular flexibility index (Phi) is 3.10. The molecule has 0 saturated carbocycles. The average molecular weight is 222 g/mol. The molecule has 2 unspecified atom stereocenters. The lowest BCUT2D eigenvalue weighted by atomic mass is 9.83. The summed E-state index contributed by atoms with van der Waals surface area (Å²) in [5.41, 5.74) is 0.826. The monoisotopic (exact) mass is 222 g/mol. The van der Waals surface area contributed by atoms with Gasteiger partial charge in [-0.25, -0.2) is 0 Å². The molecule has 1 aliphatic heterocycles. The van der Waals surface area contributed by atoms with Gasteiger partial charge in [0, 0.05) is 12.5 Å². The van der Waals surface area contributed by atoms with Crippen molar-refractivity contribution in [3.05, 3.63) is 29.8 Å². The number of ether oxygens (including phenoxy) is 1. The molecule has 16 heavy (non-hydrogen) atoms. The van der Waals surface area contributed by atoms with E-state index in [1.807, 2.05) is 6.07 Å². The molecule has 0 aliphatic carbocycles. The van der Waals surface area contributed by atoms with Gasteiger partial charge >= 0.3 is 5.97 Å². The van der Waals surface area contributed by atoms with Crippen LogP contribution in [0.1, 0.15) is 17.9 Å². The third kappa shape index (κ3) is 2.17. The zero-order valence-corrected chi connectivity index (χ0v) is 8.80. The van der Waals surface area contributed by atoms with Gasteiger partial charge in [0.2, 0.25) is 0 Å². The molecular formula is C12H14O4. The summed E-state index contributed by atoms with van der Waals surface area (Å²) in [5.74, 6) is -1.22. The maximum atomic E-state index is 11.1. The summed E-state index contributed by atoms with van der Waals surface area (Å²) in [6.45, 7) is 0.896. The summed E-state index contributed by atoms with van der Waals surface area (Å²) >= 11 is 0. The van der Waals surface area contributed by atoms with E-state index in [4.69, 9.17) is 9.84 Å². The summed E-state index contributed by atoms with van der Waals surface area (Å²) < 4.78 is 5.31. The van der Waals surface area contributed by atoms with E-state index < -0.39 is 11.9 Å². The Morgan fingerprint density at radius 1 is 1.44 bits per heavy atom. The molecule has 0 amide bonds. The molecule has 1 heterocycles. The van der Waals surface area contributed by atoms with Crippen LogP contribution in [0.3, 0.4) is 0 Å². The smallest absolute Gasteiger partial charge is 0.307 e. The van der Waals surface area contributed by atoms with Crippen LogP contribution < -0.4 is 0 Å². The van der Waals surface area contributed by atoms with Crippen molar-refractivity contribution in [3.63, 3.8) is 0 Å². The Bertz CT molecular complexity index is 388. The number of carboxylic acid groups (broad SMARTS) is 1. The molecule has 2 atom stereocenters. The molecule has 0 bridgehead atoms. The van der Waals surface area contributed by atoms with E-state index in [1.54, 1.807) is 18.2 Å². The van der Waals surface area contributed by atoms with Crippen LogP contribution in [0.15, 0.2) is 24.3 Å². The number of phenols is 1. The van der Waals surface area contributed by atoms with Gasteiger partial charge in [0.05, 0.1) is 12.5 Å². The second kappa shape index (κ2) is 4.53. The maximum Gasteiger partial charge on any atom is 0.307 e. The zero-order valence-electron chi connectivity index (χ0n) is 8.80. The van der Waals surface area contributed by atoms with Crippen LogP contribution in [-0.4, -0.2) is 29.4 Å². The van der Waals surface area contributed by atoms with Crippen LogP contribution in [0.4, 0.5) is 0 Å². The van der Waals surface area contributed by atoms with Crippen molar-refractivity contribution in [1.82, 2.24) is 0 Å². The first-order valence-electron chi connectivity index (χ1n) is 5.28. The van der Waals surface area contributed by atoms with Gasteiger partial charge in [0.1, 0.15) is 5.75 Å². The minimum atomic E-state index is -0.795. The lowest BCUT2D eigenvalue weighted by molar-refractivity contribution is -0.146. The maximum absolute atomic E-state index is 11.1. The number of phenolic OH excluding ortho intramolecular Hbond substituents is 1. The van der Waals surface area contributed by atoms with Crippen LogP contribution in [0.2, 0.25) is 0 Å². The van der Waals surface area contributed by atoms with Crippen LogP contribution in [0.25, 0.3) is 0 Å². The minimum absolute atomic E-state index is 0.159.